The highest BCUT2D eigenvalue weighted by Gasteiger charge is 2.13. The lowest BCUT2D eigenvalue weighted by molar-refractivity contribution is 0.628. The molecule has 0 fully saturated rings. The molecule has 0 atom stereocenters. The third-order valence-electron chi connectivity index (χ3n) is 2.76. The van der Waals surface area contributed by atoms with E-state index in [1.54, 1.807) is 12.1 Å². The van der Waals surface area contributed by atoms with Crippen LogP contribution in [0.25, 0.3) is 16.9 Å². The van der Waals surface area contributed by atoms with Crippen LogP contribution in [0.2, 0.25) is 0 Å². The van der Waals surface area contributed by atoms with E-state index in [0.717, 1.165) is 0 Å². The molecule has 0 saturated heterocycles. The second-order valence-corrected chi connectivity index (χ2v) is 3.94. The van der Waals surface area contributed by atoms with E-state index in [1.165, 1.54) is 23.0 Å². The van der Waals surface area contributed by atoms with Gasteiger partial charge < -0.3 is 5.73 Å². The van der Waals surface area contributed by atoms with Crippen LogP contribution in [-0.4, -0.2) is 19.6 Å². The number of rotatable bonds is 1. The predicted octanol–water partition coefficient (Wildman–Crippen LogP) is 1.82. The minimum Gasteiger partial charge on any atom is -0.383 e. The molecule has 1 aromatic carbocycles. The molecule has 2 aromatic heterocycles. The van der Waals surface area contributed by atoms with Crippen LogP contribution < -0.4 is 5.73 Å². The molecule has 2 N–H and O–H groups in total. The molecular weight excluding hydrogens is 233 g/mol. The van der Waals surface area contributed by atoms with Crippen LogP contribution in [0.1, 0.15) is 5.69 Å². The molecule has 18 heavy (non-hydrogen) atoms. The van der Waals surface area contributed by atoms with Crippen molar-refractivity contribution in [3.63, 3.8) is 0 Å². The maximum atomic E-state index is 13.3. The topological polar surface area (TPSA) is 69.1 Å². The first-order chi connectivity index (χ1) is 8.66. The average Bonchev–Trinajstić information content (AvgIpc) is 2.77. The Balaban J connectivity index is 2.34. The number of hydrogen-bond donors (Lipinski definition) is 1. The summed E-state index contributed by atoms with van der Waals surface area (Å²) >= 11 is 0. The van der Waals surface area contributed by atoms with Gasteiger partial charge in [-0.15, -0.1) is 0 Å². The zero-order valence-electron chi connectivity index (χ0n) is 9.63. The van der Waals surface area contributed by atoms with Crippen LogP contribution in [0.3, 0.4) is 0 Å². The average molecular weight is 243 g/mol. The normalized spacial score (nSPS) is 11.0. The zero-order valence-corrected chi connectivity index (χ0v) is 9.63. The fourth-order valence-electron chi connectivity index (χ4n) is 1.98. The standard InChI is InChI=1S/C12H10FN5/c1-7-10(8-3-2-4-9(13)5-8)11(14)18-12(17-7)15-6-16-18/h2-6H,14H2,1H3. The van der Waals surface area contributed by atoms with Crippen molar-refractivity contribution in [1.82, 2.24) is 19.6 Å². The quantitative estimate of drug-likeness (QED) is 0.707. The molecule has 3 aromatic rings. The van der Waals surface area contributed by atoms with Crippen LogP contribution in [0.15, 0.2) is 30.6 Å². The minimum absolute atomic E-state index is 0.315. The Kier molecular flexibility index (Phi) is 2.22. The molecule has 0 aliphatic carbocycles. The van der Waals surface area contributed by atoms with Crippen LogP contribution in [0.5, 0.6) is 0 Å². The number of nitrogen functional groups attached to an aromatic ring is 1. The Morgan fingerprint density at radius 1 is 1.33 bits per heavy atom. The number of anilines is 1. The summed E-state index contributed by atoms with van der Waals surface area (Å²) in [6, 6.07) is 6.22. The highest BCUT2D eigenvalue weighted by atomic mass is 19.1. The maximum Gasteiger partial charge on any atom is 0.254 e. The van der Waals surface area contributed by atoms with Crippen LogP contribution in [0, 0.1) is 12.7 Å². The van der Waals surface area contributed by atoms with Crippen LogP contribution >= 0.6 is 0 Å². The van der Waals surface area contributed by atoms with E-state index < -0.39 is 0 Å². The smallest absolute Gasteiger partial charge is 0.254 e. The van der Waals surface area contributed by atoms with Gasteiger partial charge in [-0.2, -0.15) is 14.6 Å². The molecule has 5 nitrogen and oxygen atoms in total. The Morgan fingerprint density at radius 3 is 2.94 bits per heavy atom. The van der Waals surface area contributed by atoms with Gasteiger partial charge in [-0.25, -0.2) is 9.37 Å². The molecule has 0 unspecified atom stereocenters. The van der Waals surface area contributed by atoms with E-state index in [2.05, 4.69) is 15.1 Å². The molecule has 0 amide bonds. The maximum absolute atomic E-state index is 13.3. The van der Waals surface area contributed by atoms with Gasteiger partial charge in [0.15, 0.2) is 0 Å². The van der Waals surface area contributed by atoms with Gasteiger partial charge in [0.05, 0.1) is 5.69 Å². The number of aryl methyl sites for hydroxylation is 1. The minimum atomic E-state index is -0.315. The molecule has 0 saturated carbocycles. The summed E-state index contributed by atoms with van der Waals surface area (Å²) in [5.41, 5.74) is 8.09. The molecule has 90 valence electrons. The second kappa shape index (κ2) is 3.76. The number of fused-ring (bicyclic) bond motifs is 1. The van der Waals surface area contributed by atoms with Crippen molar-refractivity contribution in [2.45, 2.75) is 6.92 Å². The first-order valence-corrected chi connectivity index (χ1v) is 5.38. The van der Waals surface area contributed by atoms with Crippen molar-refractivity contribution in [2.24, 2.45) is 0 Å². The third-order valence-corrected chi connectivity index (χ3v) is 2.76. The van der Waals surface area contributed by atoms with Crippen molar-refractivity contribution in [1.29, 1.82) is 0 Å². The van der Waals surface area contributed by atoms with E-state index in [0.29, 0.717) is 28.4 Å². The Bertz CT molecular complexity index is 734. The van der Waals surface area contributed by atoms with Crippen molar-refractivity contribution >= 4 is 11.6 Å². The number of benzene rings is 1. The largest absolute Gasteiger partial charge is 0.383 e. The molecule has 2 heterocycles. The first kappa shape index (κ1) is 10.6. The molecule has 0 spiro atoms. The summed E-state index contributed by atoms with van der Waals surface area (Å²) in [6.45, 7) is 1.81. The van der Waals surface area contributed by atoms with E-state index in [1.807, 2.05) is 6.92 Å². The predicted molar refractivity (Wildman–Crippen MR) is 65.3 cm³/mol. The van der Waals surface area contributed by atoms with Gasteiger partial charge in [-0.1, -0.05) is 12.1 Å². The lowest BCUT2D eigenvalue weighted by Gasteiger charge is -2.10. The summed E-state index contributed by atoms with van der Waals surface area (Å²) in [5.74, 6) is 0.524. The third kappa shape index (κ3) is 1.50. The van der Waals surface area contributed by atoms with Crippen molar-refractivity contribution in [3.05, 3.63) is 42.1 Å². The number of halogens is 1. The van der Waals surface area contributed by atoms with Gasteiger partial charge in [0, 0.05) is 5.56 Å². The monoisotopic (exact) mass is 243 g/mol. The van der Waals surface area contributed by atoms with Gasteiger partial charge in [0.2, 0.25) is 0 Å². The zero-order chi connectivity index (χ0) is 12.7. The number of aromatic nitrogens is 4. The van der Waals surface area contributed by atoms with E-state index in [4.69, 9.17) is 5.73 Å². The lowest BCUT2D eigenvalue weighted by Crippen LogP contribution is -2.05. The fourth-order valence-corrected chi connectivity index (χ4v) is 1.98. The Morgan fingerprint density at radius 2 is 2.17 bits per heavy atom. The van der Waals surface area contributed by atoms with E-state index in [9.17, 15) is 4.39 Å². The lowest BCUT2D eigenvalue weighted by atomic mass is 10.1. The number of nitrogens with two attached hydrogens (primary N) is 1. The van der Waals surface area contributed by atoms with Gasteiger partial charge in [-0.3, -0.25) is 0 Å². The molecule has 0 radical (unpaired) electrons. The van der Waals surface area contributed by atoms with Crippen LogP contribution in [-0.2, 0) is 0 Å². The summed E-state index contributed by atoms with van der Waals surface area (Å²) in [5, 5.41) is 3.99. The molecule has 0 aliphatic rings. The summed E-state index contributed by atoms with van der Waals surface area (Å²) in [6.07, 6.45) is 1.38. The van der Waals surface area contributed by atoms with E-state index >= 15 is 0 Å². The Hall–Kier alpha value is -2.50. The highest BCUT2D eigenvalue weighted by Crippen LogP contribution is 2.28. The fraction of sp³-hybridized carbons (Fsp3) is 0.0833. The van der Waals surface area contributed by atoms with E-state index in [-0.39, 0.29) is 5.82 Å². The van der Waals surface area contributed by atoms with Crippen molar-refractivity contribution in [3.8, 4) is 11.1 Å². The molecule has 0 aliphatic heterocycles. The van der Waals surface area contributed by atoms with Crippen molar-refractivity contribution in [2.75, 3.05) is 5.73 Å². The summed E-state index contributed by atoms with van der Waals surface area (Å²) < 4.78 is 14.7. The van der Waals surface area contributed by atoms with Gasteiger partial charge in [0.1, 0.15) is 18.0 Å². The van der Waals surface area contributed by atoms with Gasteiger partial charge in [0.25, 0.3) is 5.78 Å². The molecular formula is C12H10FN5. The van der Waals surface area contributed by atoms with Crippen LogP contribution in [0.4, 0.5) is 10.2 Å². The number of hydrogen-bond acceptors (Lipinski definition) is 4. The molecule has 6 heteroatoms. The van der Waals surface area contributed by atoms with Crippen molar-refractivity contribution < 1.29 is 4.39 Å². The molecule has 0 bridgehead atoms. The number of nitrogens with zero attached hydrogens (tertiary/aromatic N) is 4. The van der Waals surface area contributed by atoms with Gasteiger partial charge >= 0.3 is 0 Å². The second-order valence-electron chi connectivity index (χ2n) is 3.94. The highest BCUT2D eigenvalue weighted by molar-refractivity contribution is 5.77. The summed E-state index contributed by atoms with van der Waals surface area (Å²) in [4.78, 5) is 8.27. The van der Waals surface area contributed by atoms with Gasteiger partial charge in [-0.05, 0) is 24.6 Å². The SMILES string of the molecule is Cc1nc2ncnn2c(N)c1-c1cccc(F)c1. The first-order valence-electron chi connectivity index (χ1n) is 5.38. The Labute approximate surface area is 102 Å². The molecule has 3 rings (SSSR count). The summed E-state index contributed by atoms with van der Waals surface area (Å²) in [7, 11) is 0.